The summed E-state index contributed by atoms with van der Waals surface area (Å²) in [6, 6.07) is 0.431. The van der Waals surface area contributed by atoms with Gasteiger partial charge in [-0.15, -0.1) is 0 Å². The molecule has 0 spiro atoms. The highest BCUT2D eigenvalue weighted by Gasteiger charge is 2.30. The number of alkyl halides is 1. The molecular weight excluding hydrogens is 327 g/mol. The quantitative estimate of drug-likeness (QED) is 0.655. The molecule has 2 rings (SSSR count). The highest BCUT2D eigenvalue weighted by atomic mass is 79.9. The molecule has 1 aliphatic carbocycles. The Morgan fingerprint density at radius 3 is 2.63 bits per heavy atom. The first-order valence-electron chi connectivity index (χ1n) is 5.70. The van der Waals surface area contributed by atoms with Crippen LogP contribution in [0.3, 0.4) is 0 Å². The van der Waals surface area contributed by atoms with Gasteiger partial charge in [0.2, 0.25) is 5.82 Å². The summed E-state index contributed by atoms with van der Waals surface area (Å²) < 4.78 is 39.3. The summed E-state index contributed by atoms with van der Waals surface area (Å²) in [7, 11) is 0. The number of phenolic OH excluding ortho intramolecular Hbond substituents is 1. The van der Waals surface area contributed by atoms with Gasteiger partial charge < -0.3 is 10.4 Å². The molecule has 1 atom stereocenters. The van der Waals surface area contributed by atoms with Crippen LogP contribution in [0.1, 0.15) is 23.2 Å². The number of hydrogen-bond donors (Lipinski definition) is 2. The van der Waals surface area contributed by atoms with Crippen LogP contribution in [-0.4, -0.2) is 22.4 Å². The fraction of sp³-hybridized carbons (Fsp3) is 0.417. The molecule has 0 radical (unpaired) electrons. The van der Waals surface area contributed by atoms with Gasteiger partial charge in [0.1, 0.15) is 0 Å². The van der Waals surface area contributed by atoms with Crippen LogP contribution in [0.2, 0.25) is 0 Å². The molecule has 0 heterocycles. The number of hydrogen-bond acceptors (Lipinski definition) is 2. The van der Waals surface area contributed by atoms with E-state index in [0.29, 0.717) is 12.0 Å². The maximum absolute atomic E-state index is 13.5. The standard InChI is InChI=1S/C12H11BrF3NO2/c13-7(5-1-2-5)4-17-12(19)6-3-8(14)10(16)11(18)9(6)15/h3,5,7,18H,1-2,4H2,(H,17,19). The average Bonchev–Trinajstić information content (AvgIpc) is 3.21. The van der Waals surface area contributed by atoms with Crippen molar-refractivity contribution >= 4 is 21.8 Å². The first kappa shape index (κ1) is 14.2. The Balaban J connectivity index is 2.10. The third-order valence-electron chi connectivity index (χ3n) is 2.97. The number of nitrogens with one attached hydrogen (secondary N) is 1. The van der Waals surface area contributed by atoms with Gasteiger partial charge in [-0.2, -0.15) is 4.39 Å². The fourth-order valence-electron chi connectivity index (χ4n) is 1.67. The van der Waals surface area contributed by atoms with Crippen LogP contribution >= 0.6 is 15.9 Å². The largest absolute Gasteiger partial charge is 0.503 e. The predicted octanol–water partition coefficient (Wildman–Crippen LogP) is 2.71. The van der Waals surface area contributed by atoms with Gasteiger partial charge in [0.15, 0.2) is 17.4 Å². The second kappa shape index (κ2) is 5.40. The van der Waals surface area contributed by atoms with Gasteiger partial charge in [0.25, 0.3) is 5.91 Å². The lowest BCUT2D eigenvalue weighted by molar-refractivity contribution is 0.0947. The van der Waals surface area contributed by atoms with Crippen molar-refractivity contribution in [3.63, 3.8) is 0 Å². The van der Waals surface area contributed by atoms with E-state index in [1.807, 2.05) is 0 Å². The Hall–Kier alpha value is -1.24. The number of benzene rings is 1. The monoisotopic (exact) mass is 337 g/mol. The molecule has 104 valence electrons. The van der Waals surface area contributed by atoms with E-state index in [4.69, 9.17) is 5.11 Å². The summed E-state index contributed by atoms with van der Waals surface area (Å²) in [6.07, 6.45) is 2.12. The molecular formula is C12H11BrF3NO2. The van der Waals surface area contributed by atoms with Crippen molar-refractivity contribution in [1.29, 1.82) is 0 Å². The third-order valence-corrected chi connectivity index (χ3v) is 4.04. The Labute approximate surface area is 115 Å². The second-order valence-electron chi connectivity index (χ2n) is 4.45. The highest BCUT2D eigenvalue weighted by molar-refractivity contribution is 9.09. The zero-order chi connectivity index (χ0) is 14.2. The molecule has 0 aliphatic heterocycles. The lowest BCUT2D eigenvalue weighted by Gasteiger charge is -2.11. The number of carbonyl (C=O) groups excluding carboxylic acids is 1. The van der Waals surface area contributed by atoms with E-state index < -0.39 is 34.7 Å². The Morgan fingerprint density at radius 1 is 1.42 bits per heavy atom. The lowest BCUT2D eigenvalue weighted by atomic mass is 10.1. The van der Waals surface area contributed by atoms with E-state index in [0.717, 1.165) is 12.8 Å². The molecule has 1 fully saturated rings. The lowest BCUT2D eigenvalue weighted by Crippen LogP contribution is -2.31. The van der Waals surface area contributed by atoms with Crippen LogP contribution in [0.5, 0.6) is 5.75 Å². The van der Waals surface area contributed by atoms with Gasteiger partial charge in [0, 0.05) is 11.4 Å². The van der Waals surface area contributed by atoms with Crippen molar-refractivity contribution in [2.24, 2.45) is 5.92 Å². The Morgan fingerprint density at radius 2 is 2.05 bits per heavy atom. The van der Waals surface area contributed by atoms with Crippen molar-refractivity contribution in [2.45, 2.75) is 17.7 Å². The summed E-state index contributed by atoms with van der Waals surface area (Å²) in [6.45, 7) is 0.253. The SMILES string of the molecule is O=C(NCC(Br)C1CC1)c1cc(F)c(F)c(O)c1F. The number of halogens is 4. The number of rotatable bonds is 4. The summed E-state index contributed by atoms with van der Waals surface area (Å²) >= 11 is 3.37. The van der Waals surface area contributed by atoms with Gasteiger partial charge in [-0.25, -0.2) is 8.78 Å². The molecule has 0 saturated heterocycles. The minimum absolute atomic E-state index is 0.0680. The minimum atomic E-state index is -1.70. The Bertz CT molecular complexity index is 520. The minimum Gasteiger partial charge on any atom is -0.503 e. The summed E-state index contributed by atoms with van der Waals surface area (Å²) in [5.41, 5.74) is -0.716. The molecule has 1 aromatic rings. The molecule has 1 amide bonds. The number of phenols is 1. The maximum atomic E-state index is 13.5. The molecule has 1 aliphatic rings. The molecule has 2 N–H and O–H groups in total. The van der Waals surface area contributed by atoms with Crippen molar-refractivity contribution in [2.75, 3.05) is 6.54 Å². The second-order valence-corrected chi connectivity index (χ2v) is 5.62. The maximum Gasteiger partial charge on any atom is 0.254 e. The smallest absolute Gasteiger partial charge is 0.254 e. The molecule has 0 bridgehead atoms. The molecule has 1 saturated carbocycles. The summed E-state index contributed by atoms with van der Waals surface area (Å²) in [4.78, 5) is 11.7. The van der Waals surface area contributed by atoms with Gasteiger partial charge in [-0.05, 0) is 24.8 Å². The van der Waals surface area contributed by atoms with Gasteiger partial charge in [0.05, 0.1) is 5.56 Å². The predicted molar refractivity (Wildman–Crippen MR) is 65.8 cm³/mol. The van der Waals surface area contributed by atoms with E-state index in [1.54, 1.807) is 0 Å². The molecule has 3 nitrogen and oxygen atoms in total. The summed E-state index contributed by atoms with van der Waals surface area (Å²) in [5.74, 6) is -6.54. The normalized spacial score (nSPS) is 16.2. The molecule has 7 heteroatoms. The third kappa shape index (κ3) is 3.02. The van der Waals surface area contributed by atoms with Crippen molar-refractivity contribution in [3.05, 3.63) is 29.1 Å². The van der Waals surface area contributed by atoms with Gasteiger partial charge >= 0.3 is 0 Å². The topological polar surface area (TPSA) is 49.3 Å². The fourth-order valence-corrected chi connectivity index (χ4v) is 2.36. The van der Waals surface area contributed by atoms with Crippen LogP contribution < -0.4 is 5.32 Å². The van der Waals surface area contributed by atoms with Crippen LogP contribution in [0.15, 0.2) is 6.07 Å². The molecule has 19 heavy (non-hydrogen) atoms. The van der Waals surface area contributed by atoms with Crippen LogP contribution in [0, 0.1) is 23.4 Å². The van der Waals surface area contributed by atoms with Gasteiger partial charge in [-0.1, -0.05) is 15.9 Å². The van der Waals surface area contributed by atoms with Crippen LogP contribution in [0.4, 0.5) is 13.2 Å². The van der Waals surface area contributed by atoms with Crippen LogP contribution in [0.25, 0.3) is 0 Å². The van der Waals surface area contributed by atoms with E-state index in [-0.39, 0.29) is 11.4 Å². The number of amides is 1. The van der Waals surface area contributed by atoms with Crippen molar-refractivity contribution in [3.8, 4) is 5.75 Å². The van der Waals surface area contributed by atoms with E-state index >= 15 is 0 Å². The zero-order valence-electron chi connectivity index (χ0n) is 9.72. The average molecular weight is 338 g/mol. The van der Waals surface area contributed by atoms with E-state index in [9.17, 15) is 18.0 Å². The highest BCUT2D eigenvalue weighted by Crippen LogP contribution is 2.36. The molecule has 1 unspecified atom stereocenters. The molecule has 1 aromatic carbocycles. The van der Waals surface area contributed by atoms with Crippen molar-refractivity contribution in [1.82, 2.24) is 5.32 Å². The number of carbonyl (C=O) groups is 1. The van der Waals surface area contributed by atoms with E-state index in [1.165, 1.54) is 0 Å². The summed E-state index contributed by atoms with van der Waals surface area (Å²) in [5, 5.41) is 11.4. The zero-order valence-corrected chi connectivity index (χ0v) is 11.3. The number of aromatic hydroxyl groups is 1. The Kier molecular flexibility index (Phi) is 4.03. The first-order chi connectivity index (χ1) is 8.91. The van der Waals surface area contributed by atoms with Gasteiger partial charge in [-0.3, -0.25) is 4.79 Å². The molecule has 0 aromatic heterocycles. The first-order valence-corrected chi connectivity index (χ1v) is 6.62. The van der Waals surface area contributed by atoms with E-state index in [2.05, 4.69) is 21.2 Å². The van der Waals surface area contributed by atoms with Crippen molar-refractivity contribution < 1.29 is 23.1 Å². The van der Waals surface area contributed by atoms with Crippen LogP contribution in [-0.2, 0) is 0 Å².